The van der Waals surface area contributed by atoms with Gasteiger partial charge in [0.1, 0.15) is 23.1 Å². The number of rotatable bonds is 11. The Morgan fingerprint density at radius 3 is 1.61 bits per heavy atom. The van der Waals surface area contributed by atoms with E-state index in [-0.39, 0.29) is 61.8 Å². The van der Waals surface area contributed by atoms with Gasteiger partial charge < -0.3 is 18.9 Å². The highest BCUT2D eigenvalue weighted by atomic mass is 19.1. The van der Waals surface area contributed by atoms with Crippen molar-refractivity contribution in [3.8, 4) is 34.1 Å². The van der Waals surface area contributed by atoms with E-state index in [4.69, 9.17) is 18.9 Å². The van der Waals surface area contributed by atoms with E-state index in [9.17, 15) is 23.6 Å². The van der Waals surface area contributed by atoms with E-state index >= 15 is 4.39 Å². The van der Waals surface area contributed by atoms with Crippen LogP contribution in [0.5, 0.6) is 23.0 Å². The van der Waals surface area contributed by atoms with Crippen LogP contribution in [0, 0.1) is 11.6 Å². The molecule has 0 atom stereocenters. The Labute approximate surface area is 264 Å². The fraction of sp³-hybridized carbons (Fsp3) is 0.111. The number of hydrogen-bond acceptors (Lipinski definition) is 8. The standard InChI is InChI=1S/C36H30F2O8/c1-19(2)33(39)43-25-13-9-23(10-14-25)28-18-30(45-35(41)21(5)6)27(31(38)32(28)46-36(42)22(7)8)16-12-24-11-15-26(17-29(24)37)44-34(40)20(3)4/h9-18H,1,3,5,7H2,2,4,6,8H3/b16-12+. The van der Waals surface area contributed by atoms with E-state index in [0.717, 1.165) is 12.1 Å². The summed E-state index contributed by atoms with van der Waals surface area (Å²) >= 11 is 0. The summed E-state index contributed by atoms with van der Waals surface area (Å²) in [6, 6.07) is 10.6. The van der Waals surface area contributed by atoms with Gasteiger partial charge in [0.05, 0.1) is 5.56 Å². The largest absolute Gasteiger partial charge is 0.423 e. The van der Waals surface area contributed by atoms with Gasteiger partial charge in [-0.1, -0.05) is 44.5 Å². The zero-order valence-corrected chi connectivity index (χ0v) is 25.6. The second kappa shape index (κ2) is 14.7. The molecule has 236 valence electrons. The minimum absolute atomic E-state index is 0.00398. The first-order valence-electron chi connectivity index (χ1n) is 13.5. The van der Waals surface area contributed by atoms with Crippen molar-refractivity contribution in [3.63, 3.8) is 0 Å². The second-order valence-corrected chi connectivity index (χ2v) is 10.2. The van der Waals surface area contributed by atoms with Crippen molar-refractivity contribution >= 4 is 36.0 Å². The van der Waals surface area contributed by atoms with Gasteiger partial charge in [-0.25, -0.2) is 28.0 Å². The van der Waals surface area contributed by atoms with Gasteiger partial charge >= 0.3 is 23.9 Å². The molecule has 0 aromatic heterocycles. The van der Waals surface area contributed by atoms with Crippen LogP contribution in [0.1, 0.15) is 38.8 Å². The first-order chi connectivity index (χ1) is 21.6. The summed E-state index contributed by atoms with van der Waals surface area (Å²) in [4.78, 5) is 48.8. The van der Waals surface area contributed by atoms with Crippen molar-refractivity contribution < 1.29 is 46.9 Å². The van der Waals surface area contributed by atoms with E-state index < -0.39 is 41.3 Å². The minimum Gasteiger partial charge on any atom is -0.423 e. The van der Waals surface area contributed by atoms with Crippen LogP contribution in [0.15, 0.2) is 97.1 Å². The Kier molecular flexibility index (Phi) is 11.1. The molecule has 3 aromatic carbocycles. The quantitative estimate of drug-likeness (QED) is 0.0920. The lowest BCUT2D eigenvalue weighted by Gasteiger charge is -2.17. The molecule has 0 saturated heterocycles. The van der Waals surface area contributed by atoms with Crippen LogP contribution in [-0.4, -0.2) is 23.9 Å². The Balaban J connectivity index is 2.19. The highest BCUT2D eigenvalue weighted by molar-refractivity contribution is 5.93. The number of benzene rings is 3. The summed E-state index contributed by atoms with van der Waals surface area (Å²) in [6.07, 6.45) is 2.31. The average Bonchev–Trinajstić information content (AvgIpc) is 2.99. The maximum Gasteiger partial charge on any atom is 0.338 e. The predicted molar refractivity (Wildman–Crippen MR) is 169 cm³/mol. The number of carbonyl (C=O) groups excluding carboxylic acids is 4. The minimum atomic E-state index is -1.13. The van der Waals surface area contributed by atoms with Crippen molar-refractivity contribution in [1.29, 1.82) is 0 Å². The molecule has 10 heteroatoms. The molecule has 0 saturated carbocycles. The number of ether oxygens (including phenoxy) is 4. The van der Waals surface area contributed by atoms with Crippen molar-refractivity contribution in [1.82, 2.24) is 0 Å². The molecular formula is C36H30F2O8. The smallest absolute Gasteiger partial charge is 0.338 e. The van der Waals surface area contributed by atoms with Gasteiger partial charge in [0, 0.05) is 39.5 Å². The summed E-state index contributed by atoms with van der Waals surface area (Å²) in [5, 5.41) is 0. The molecular weight excluding hydrogens is 598 g/mol. The van der Waals surface area contributed by atoms with E-state index in [0.29, 0.717) is 0 Å². The maximum atomic E-state index is 16.4. The highest BCUT2D eigenvalue weighted by Crippen LogP contribution is 2.41. The molecule has 0 fully saturated rings. The average molecular weight is 629 g/mol. The normalized spacial score (nSPS) is 10.6. The van der Waals surface area contributed by atoms with Gasteiger partial charge in [0.2, 0.25) is 0 Å². The molecule has 0 aliphatic carbocycles. The number of halogens is 2. The molecule has 0 aliphatic heterocycles. The third kappa shape index (κ3) is 8.60. The lowest BCUT2D eigenvalue weighted by Crippen LogP contribution is -2.13. The summed E-state index contributed by atoms with van der Waals surface area (Å²) in [5.74, 6) is -5.94. The van der Waals surface area contributed by atoms with E-state index in [1.807, 2.05) is 0 Å². The summed E-state index contributed by atoms with van der Waals surface area (Å²) in [5.41, 5.74) is 0.124. The van der Waals surface area contributed by atoms with Crippen LogP contribution >= 0.6 is 0 Å². The predicted octanol–water partition coefficient (Wildman–Crippen LogP) is 7.73. The molecule has 46 heavy (non-hydrogen) atoms. The van der Waals surface area contributed by atoms with Gasteiger partial charge in [0.25, 0.3) is 0 Å². The molecule has 0 spiro atoms. The Hall–Kier alpha value is -5.90. The zero-order chi connectivity index (χ0) is 34.3. The third-order valence-electron chi connectivity index (χ3n) is 6.00. The van der Waals surface area contributed by atoms with Crippen LogP contribution in [-0.2, 0) is 19.2 Å². The summed E-state index contributed by atoms with van der Waals surface area (Å²) < 4.78 is 52.4. The van der Waals surface area contributed by atoms with E-state index in [1.54, 1.807) is 0 Å². The molecule has 0 bridgehead atoms. The Morgan fingerprint density at radius 1 is 0.609 bits per heavy atom. The number of hydrogen-bond donors (Lipinski definition) is 0. The molecule has 0 aliphatic rings. The van der Waals surface area contributed by atoms with Crippen molar-refractivity contribution in [2.45, 2.75) is 27.7 Å². The SMILES string of the molecule is C=C(C)C(=O)Oc1ccc(-c2cc(OC(=O)C(=C)C)c(/C=C/c3ccc(OC(=O)C(=C)C)cc3F)c(F)c2OC(=O)C(=C)C)cc1. The first-order valence-corrected chi connectivity index (χ1v) is 13.5. The maximum absolute atomic E-state index is 16.4. The molecule has 3 aromatic rings. The van der Waals surface area contributed by atoms with Crippen LogP contribution in [0.2, 0.25) is 0 Å². The van der Waals surface area contributed by atoms with Crippen LogP contribution in [0.25, 0.3) is 23.3 Å². The van der Waals surface area contributed by atoms with Crippen molar-refractivity contribution in [3.05, 3.63) is 120 Å². The zero-order valence-electron chi connectivity index (χ0n) is 25.6. The third-order valence-corrected chi connectivity index (χ3v) is 6.00. The molecule has 0 amide bonds. The van der Waals surface area contributed by atoms with Crippen LogP contribution < -0.4 is 18.9 Å². The van der Waals surface area contributed by atoms with Gasteiger partial charge in [-0.3, -0.25) is 0 Å². The Morgan fingerprint density at radius 2 is 1.09 bits per heavy atom. The summed E-state index contributed by atoms with van der Waals surface area (Å²) in [6.45, 7) is 19.8. The molecule has 0 N–H and O–H groups in total. The molecule has 0 heterocycles. The second-order valence-electron chi connectivity index (χ2n) is 10.2. The van der Waals surface area contributed by atoms with Gasteiger partial charge in [-0.05, 0) is 69.7 Å². The molecule has 8 nitrogen and oxygen atoms in total. The van der Waals surface area contributed by atoms with Gasteiger partial charge in [-0.15, -0.1) is 0 Å². The van der Waals surface area contributed by atoms with Crippen LogP contribution in [0.3, 0.4) is 0 Å². The van der Waals surface area contributed by atoms with E-state index in [1.165, 1.54) is 76.2 Å². The summed E-state index contributed by atoms with van der Waals surface area (Å²) in [7, 11) is 0. The topological polar surface area (TPSA) is 105 Å². The first kappa shape index (κ1) is 34.6. The lowest BCUT2D eigenvalue weighted by molar-refractivity contribution is -0.131. The monoisotopic (exact) mass is 628 g/mol. The fourth-order valence-corrected chi connectivity index (χ4v) is 3.51. The van der Waals surface area contributed by atoms with Crippen molar-refractivity contribution in [2.24, 2.45) is 0 Å². The molecule has 0 radical (unpaired) electrons. The van der Waals surface area contributed by atoms with Gasteiger partial charge in [0.15, 0.2) is 11.6 Å². The Bertz CT molecular complexity index is 1830. The molecule has 3 rings (SSSR count). The highest BCUT2D eigenvalue weighted by Gasteiger charge is 2.25. The lowest BCUT2D eigenvalue weighted by atomic mass is 9.99. The van der Waals surface area contributed by atoms with E-state index in [2.05, 4.69) is 26.3 Å². The number of esters is 4. The van der Waals surface area contributed by atoms with Gasteiger partial charge in [-0.2, -0.15) is 0 Å². The fourth-order valence-electron chi connectivity index (χ4n) is 3.51. The van der Waals surface area contributed by atoms with Crippen LogP contribution in [0.4, 0.5) is 8.78 Å². The van der Waals surface area contributed by atoms with Crippen molar-refractivity contribution in [2.75, 3.05) is 0 Å². The number of carbonyl (C=O) groups is 4. The molecule has 0 unspecified atom stereocenters.